The van der Waals surface area contributed by atoms with Gasteiger partial charge in [-0.05, 0) is 68.2 Å². The molecule has 178 valence electrons. The van der Waals surface area contributed by atoms with E-state index in [0.717, 1.165) is 24.4 Å². The molecule has 0 radical (unpaired) electrons. The fraction of sp³-hybridized carbons (Fsp3) is 0.731. The summed E-state index contributed by atoms with van der Waals surface area (Å²) in [6.07, 6.45) is 1.77. The second kappa shape index (κ2) is 11.8. The van der Waals surface area contributed by atoms with Gasteiger partial charge < -0.3 is 20.7 Å². The van der Waals surface area contributed by atoms with Crippen molar-refractivity contribution in [2.45, 2.75) is 86.7 Å². The number of benzene rings is 1. The Morgan fingerprint density at radius 1 is 1.03 bits per heavy atom. The average molecular weight is 434 g/mol. The number of carbonyl (C=O) groups excluding carboxylic acids is 1. The zero-order chi connectivity index (χ0) is 23.8. The maximum Gasteiger partial charge on any atom is 0.237 e. The molecule has 0 aliphatic carbocycles. The number of hydrogen-bond acceptors (Lipinski definition) is 4. The van der Waals surface area contributed by atoms with Gasteiger partial charge in [0.1, 0.15) is 5.75 Å². The van der Waals surface area contributed by atoms with Crippen molar-refractivity contribution in [3.8, 4) is 5.75 Å². The Balaban J connectivity index is 2.89. The summed E-state index contributed by atoms with van der Waals surface area (Å²) < 4.78 is 5.93. The maximum absolute atomic E-state index is 12.6. The van der Waals surface area contributed by atoms with Crippen molar-refractivity contribution in [3.05, 3.63) is 24.3 Å². The van der Waals surface area contributed by atoms with Crippen LogP contribution in [-0.2, 0) is 4.79 Å². The number of ether oxygens (including phenoxy) is 1. The number of rotatable bonds is 12. The van der Waals surface area contributed by atoms with E-state index >= 15 is 0 Å². The van der Waals surface area contributed by atoms with E-state index in [4.69, 9.17) is 10.5 Å². The molecule has 0 aromatic heterocycles. The van der Waals surface area contributed by atoms with Crippen LogP contribution < -0.4 is 20.7 Å². The zero-order valence-corrected chi connectivity index (χ0v) is 21.4. The Labute approximate surface area is 191 Å². The number of nitrogens with two attached hydrogens (primary N) is 1. The smallest absolute Gasteiger partial charge is 0.237 e. The summed E-state index contributed by atoms with van der Waals surface area (Å²) in [4.78, 5) is 15.0. The first kappa shape index (κ1) is 27.3. The molecular formula is C26H47N3O2. The lowest BCUT2D eigenvalue weighted by Crippen LogP contribution is -2.56. The zero-order valence-electron chi connectivity index (χ0n) is 21.4. The van der Waals surface area contributed by atoms with Gasteiger partial charge in [-0.15, -0.1) is 0 Å². The molecule has 0 spiro atoms. The molecule has 1 rings (SSSR count). The lowest BCUT2D eigenvalue weighted by atomic mass is 9.99. The van der Waals surface area contributed by atoms with Crippen molar-refractivity contribution in [3.63, 3.8) is 0 Å². The van der Waals surface area contributed by atoms with Gasteiger partial charge in [-0.3, -0.25) is 4.79 Å². The van der Waals surface area contributed by atoms with Gasteiger partial charge in [0.15, 0.2) is 0 Å². The highest BCUT2D eigenvalue weighted by Crippen LogP contribution is 2.24. The first-order valence-corrected chi connectivity index (χ1v) is 11.7. The number of nitrogens with one attached hydrogen (secondary N) is 1. The molecule has 0 saturated heterocycles. The minimum Gasteiger partial charge on any atom is -0.493 e. The van der Waals surface area contributed by atoms with Gasteiger partial charge in [0, 0.05) is 18.8 Å². The normalized spacial score (nSPS) is 13.4. The van der Waals surface area contributed by atoms with Crippen LogP contribution in [-0.4, -0.2) is 37.2 Å². The van der Waals surface area contributed by atoms with Crippen molar-refractivity contribution in [2.24, 2.45) is 23.0 Å². The first-order chi connectivity index (χ1) is 14.2. The molecule has 0 aliphatic heterocycles. The van der Waals surface area contributed by atoms with Crippen LogP contribution in [0.5, 0.6) is 5.75 Å². The lowest BCUT2D eigenvalue weighted by molar-refractivity contribution is -0.124. The van der Waals surface area contributed by atoms with Gasteiger partial charge in [-0.2, -0.15) is 0 Å². The molecule has 0 fully saturated rings. The molecule has 0 heterocycles. The van der Waals surface area contributed by atoms with Crippen molar-refractivity contribution >= 4 is 11.6 Å². The largest absolute Gasteiger partial charge is 0.493 e. The van der Waals surface area contributed by atoms with E-state index in [2.05, 4.69) is 84.7 Å². The first-order valence-electron chi connectivity index (χ1n) is 11.7. The van der Waals surface area contributed by atoms with Crippen LogP contribution in [0.3, 0.4) is 0 Å². The molecule has 5 nitrogen and oxygen atoms in total. The monoisotopic (exact) mass is 433 g/mol. The van der Waals surface area contributed by atoms with Gasteiger partial charge in [-0.25, -0.2) is 0 Å². The number of nitrogens with zero attached hydrogens (tertiary/aromatic N) is 1. The molecule has 3 N–H and O–H groups in total. The van der Waals surface area contributed by atoms with Crippen LogP contribution in [0.15, 0.2) is 24.3 Å². The predicted octanol–water partition coefficient (Wildman–Crippen LogP) is 5.23. The Morgan fingerprint density at radius 3 is 2.10 bits per heavy atom. The Hall–Kier alpha value is -1.75. The Morgan fingerprint density at radius 2 is 1.61 bits per heavy atom. The van der Waals surface area contributed by atoms with Crippen molar-refractivity contribution in [1.29, 1.82) is 0 Å². The molecule has 0 aliphatic rings. The fourth-order valence-electron chi connectivity index (χ4n) is 3.32. The molecule has 5 heteroatoms. The number of hydrogen-bond donors (Lipinski definition) is 2. The SMILES string of the molecule is CC(C)CCN(CC(C)(C)NC(=O)[C@@H](N)CC(C)C)c1ccc(OCC(C)(C)C)cc1. The summed E-state index contributed by atoms with van der Waals surface area (Å²) in [5, 5.41) is 3.17. The molecule has 31 heavy (non-hydrogen) atoms. The molecule has 0 bridgehead atoms. The third kappa shape index (κ3) is 11.4. The van der Waals surface area contributed by atoms with Gasteiger partial charge in [0.2, 0.25) is 5.91 Å². The van der Waals surface area contributed by atoms with E-state index < -0.39 is 11.6 Å². The quantitative estimate of drug-likeness (QED) is 0.473. The van der Waals surface area contributed by atoms with Crippen molar-refractivity contribution in [1.82, 2.24) is 5.32 Å². The van der Waals surface area contributed by atoms with Crippen molar-refractivity contribution < 1.29 is 9.53 Å². The fourth-order valence-corrected chi connectivity index (χ4v) is 3.32. The molecule has 1 aromatic rings. The highest BCUT2D eigenvalue weighted by Gasteiger charge is 2.27. The third-order valence-electron chi connectivity index (χ3n) is 4.96. The summed E-state index contributed by atoms with van der Waals surface area (Å²) in [7, 11) is 0. The average Bonchev–Trinajstić information content (AvgIpc) is 2.62. The van der Waals surface area contributed by atoms with Crippen LogP contribution in [0.1, 0.15) is 75.2 Å². The highest BCUT2D eigenvalue weighted by atomic mass is 16.5. The second-order valence-electron chi connectivity index (χ2n) is 11.6. The molecule has 0 saturated carbocycles. The van der Waals surface area contributed by atoms with Gasteiger partial charge >= 0.3 is 0 Å². The van der Waals surface area contributed by atoms with Crippen LogP contribution in [0.2, 0.25) is 0 Å². The van der Waals surface area contributed by atoms with Gasteiger partial charge in [-0.1, -0.05) is 48.5 Å². The molecule has 1 atom stereocenters. The van der Waals surface area contributed by atoms with Gasteiger partial charge in [0.05, 0.1) is 18.2 Å². The maximum atomic E-state index is 12.6. The van der Waals surface area contributed by atoms with Gasteiger partial charge in [0.25, 0.3) is 0 Å². The predicted molar refractivity (Wildman–Crippen MR) is 133 cm³/mol. The summed E-state index contributed by atoms with van der Waals surface area (Å²) in [5.74, 6) is 1.81. The second-order valence-corrected chi connectivity index (χ2v) is 11.6. The van der Waals surface area contributed by atoms with E-state index in [1.807, 2.05) is 12.1 Å². The highest BCUT2D eigenvalue weighted by molar-refractivity contribution is 5.82. The molecule has 1 aromatic carbocycles. The number of carbonyl (C=O) groups is 1. The van der Waals surface area contributed by atoms with Crippen LogP contribution in [0, 0.1) is 17.3 Å². The minimum absolute atomic E-state index is 0.0755. The van der Waals surface area contributed by atoms with Crippen LogP contribution >= 0.6 is 0 Å². The topological polar surface area (TPSA) is 67.6 Å². The van der Waals surface area contributed by atoms with E-state index in [-0.39, 0.29) is 11.3 Å². The molecule has 1 amide bonds. The van der Waals surface area contributed by atoms with Crippen LogP contribution in [0.4, 0.5) is 5.69 Å². The van der Waals surface area contributed by atoms with E-state index in [0.29, 0.717) is 31.4 Å². The van der Waals surface area contributed by atoms with Crippen molar-refractivity contribution in [2.75, 3.05) is 24.6 Å². The van der Waals surface area contributed by atoms with E-state index in [1.165, 1.54) is 0 Å². The van der Waals surface area contributed by atoms with E-state index in [1.54, 1.807) is 0 Å². The Bertz CT molecular complexity index is 660. The lowest BCUT2D eigenvalue weighted by Gasteiger charge is -2.36. The minimum atomic E-state index is -0.470. The summed E-state index contributed by atoms with van der Waals surface area (Å²) in [6.45, 7) is 21.6. The number of amides is 1. The third-order valence-corrected chi connectivity index (χ3v) is 4.96. The summed E-state index contributed by atoms with van der Waals surface area (Å²) >= 11 is 0. The molecule has 0 unspecified atom stereocenters. The Kier molecular flexibility index (Phi) is 10.3. The van der Waals surface area contributed by atoms with E-state index in [9.17, 15) is 4.79 Å². The number of anilines is 1. The summed E-state index contributed by atoms with van der Waals surface area (Å²) in [6, 6.07) is 7.82. The molecular weight excluding hydrogens is 386 g/mol. The van der Waals surface area contributed by atoms with Crippen LogP contribution in [0.25, 0.3) is 0 Å². The summed E-state index contributed by atoms with van der Waals surface area (Å²) in [5.41, 5.74) is 6.97. The standard InChI is InChI=1S/C26H47N3O2/c1-19(2)14-15-29(17-26(8,9)28-24(30)23(27)16-20(3)4)21-10-12-22(13-11-21)31-18-25(5,6)7/h10-13,19-20,23H,14-18,27H2,1-9H3,(H,28,30)/t23-/m0/s1.